The molecule has 0 aliphatic carbocycles. The molecule has 134 valence electrons. The first-order valence-corrected chi connectivity index (χ1v) is 9.61. The number of carbonyl (C=O) groups is 1. The van der Waals surface area contributed by atoms with E-state index in [0.717, 1.165) is 37.6 Å². The highest BCUT2D eigenvalue weighted by molar-refractivity contribution is 7.99. The largest absolute Gasteiger partial charge is 0.340 e. The van der Waals surface area contributed by atoms with Gasteiger partial charge in [0.15, 0.2) is 5.16 Å². The minimum atomic E-state index is 0.186. The summed E-state index contributed by atoms with van der Waals surface area (Å²) in [4.78, 5) is 16.9. The van der Waals surface area contributed by atoms with Gasteiger partial charge in [-0.25, -0.2) is 0 Å². The Morgan fingerprint density at radius 1 is 1.36 bits per heavy atom. The summed E-state index contributed by atoms with van der Waals surface area (Å²) in [7, 11) is 4.04. The smallest absolute Gasteiger partial charge is 0.233 e. The number of nitrogens with zero attached hydrogens (tertiary/aromatic N) is 5. The zero-order valence-corrected chi connectivity index (χ0v) is 15.7. The van der Waals surface area contributed by atoms with E-state index in [9.17, 15) is 4.79 Å². The van der Waals surface area contributed by atoms with Crippen LogP contribution in [-0.4, -0.2) is 62.4 Å². The Labute approximate surface area is 153 Å². The van der Waals surface area contributed by atoms with Crippen LogP contribution in [0.3, 0.4) is 0 Å². The van der Waals surface area contributed by atoms with Crippen molar-refractivity contribution in [1.29, 1.82) is 0 Å². The number of rotatable bonds is 6. The van der Waals surface area contributed by atoms with Crippen molar-refractivity contribution in [1.82, 2.24) is 24.6 Å². The molecule has 25 heavy (non-hydrogen) atoms. The van der Waals surface area contributed by atoms with Crippen molar-refractivity contribution in [3.63, 3.8) is 0 Å². The molecule has 7 heteroatoms. The second-order valence-electron chi connectivity index (χ2n) is 6.55. The van der Waals surface area contributed by atoms with Crippen LogP contribution >= 0.6 is 11.8 Å². The molecule has 0 bridgehead atoms. The first-order valence-electron chi connectivity index (χ1n) is 8.62. The molecular weight excluding hydrogens is 334 g/mol. The Morgan fingerprint density at radius 2 is 2.16 bits per heavy atom. The van der Waals surface area contributed by atoms with Crippen molar-refractivity contribution >= 4 is 17.7 Å². The van der Waals surface area contributed by atoms with Gasteiger partial charge >= 0.3 is 0 Å². The summed E-state index contributed by atoms with van der Waals surface area (Å²) < 4.78 is 1.84. The van der Waals surface area contributed by atoms with Crippen molar-refractivity contribution in [2.24, 2.45) is 7.05 Å². The Kier molecular flexibility index (Phi) is 6.09. The molecule has 6 nitrogen and oxygen atoms in total. The van der Waals surface area contributed by atoms with Crippen LogP contribution in [-0.2, 0) is 18.4 Å². The van der Waals surface area contributed by atoms with Gasteiger partial charge in [0.1, 0.15) is 6.33 Å². The molecule has 1 fully saturated rings. The van der Waals surface area contributed by atoms with Gasteiger partial charge in [-0.3, -0.25) is 9.69 Å². The average molecular weight is 359 g/mol. The van der Waals surface area contributed by atoms with Gasteiger partial charge in [-0.1, -0.05) is 42.1 Å². The number of likely N-dealkylation sites (tertiary alicyclic amines) is 1. The van der Waals surface area contributed by atoms with Gasteiger partial charge in [-0.05, 0) is 25.5 Å². The van der Waals surface area contributed by atoms with Crippen molar-refractivity contribution in [3.8, 4) is 0 Å². The Morgan fingerprint density at radius 3 is 2.88 bits per heavy atom. The standard InChI is InChI=1S/C18H25N5OS/c1-21(11-15-7-4-3-5-8-15)16-9-6-10-23(12-16)17(24)13-25-18-20-19-14-22(18)2/h3-5,7-8,14,16H,6,9-13H2,1-2H3/t16-/m0/s1. The van der Waals surface area contributed by atoms with Crippen LogP contribution in [0.4, 0.5) is 0 Å². The molecule has 0 unspecified atom stereocenters. The third-order valence-corrected chi connectivity index (χ3v) is 5.66. The molecule has 1 aliphatic heterocycles. The molecule has 0 N–H and O–H groups in total. The van der Waals surface area contributed by atoms with Crippen molar-refractivity contribution in [3.05, 3.63) is 42.2 Å². The van der Waals surface area contributed by atoms with E-state index in [1.807, 2.05) is 22.6 Å². The van der Waals surface area contributed by atoms with E-state index in [1.54, 1.807) is 6.33 Å². The number of hydrogen-bond donors (Lipinski definition) is 0. The Balaban J connectivity index is 1.51. The number of aryl methyl sites for hydroxylation is 1. The number of carbonyl (C=O) groups excluding carboxylic acids is 1. The molecule has 0 spiro atoms. The SMILES string of the molecule is CN(Cc1ccccc1)[C@H]1CCCN(C(=O)CSc2nncn2C)C1. The summed E-state index contributed by atoms with van der Waals surface area (Å²) in [6, 6.07) is 10.9. The maximum Gasteiger partial charge on any atom is 0.233 e. The number of amides is 1. The average Bonchev–Trinajstić information content (AvgIpc) is 3.05. The van der Waals surface area contributed by atoms with E-state index in [4.69, 9.17) is 0 Å². The van der Waals surface area contributed by atoms with Gasteiger partial charge in [0.2, 0.25) is 5.91 Å². The number of hydrogen-bond acceptors (Lipinski definition) is 5. The summed E-state index contributed by atoms with van der Waals surface area (Å²) in [5.74, 6) is 0.604. The fraction of sp³-hybridized carbons (Fsp3) is 0.500. The molecule has 1 aromatic carbocycles. The van der Waals surface area contributed by atoms with E-state index in [2.05, 4.69) is 46.4 Å². The third-order valence-electron chi connectivity index (χ3n) is 4.64. The van der Waals surface area contributed by atoms with Crippen LogP contribution in [0.15, 0.2) is 41.8 Å². The Hall–Kier alpha value is -1.86. The van der Waals surface area contributed by atoms with E-state index < -0.39 is 0 Å². The van der Waals surface area contributed by atoms with Gasteiger partial charge < -0.3 is 9.47 Å². The number of likely N-dealkylation sites (N-methyl/N-ethyl adjacent to an activating group) is 1. The minimum absolute atomic E-state index is 0.186. The zero-order chi connectivity index (χ0) is 17.6. The summed E-state index contributed by atoms with van der Waals surface area (Å²) in [6.07, 6.45) is 3.86. The Bertz CT molecular complexity index is 690. The molecule has 1 aliphatic rings. The number of piperidine rings is 1. The van der Waals surface area contributed by atoms with E-state index in [1.165, 1.54) is 17.3 Å². The maximum absolute atomic E-state index is 12.6. The lowest BCUT2D eigenvalue weighted by atomic mass is 10.0. The fourth-order valence-electron chi connectivity index (χ4n) is 3.16. The molecule has 2 heterocycles. The second kappa shape index (κ2) is 8.49. The third kappa shape index (κ3) is 4.83. The second-order valence-corrected chi connectivity index (χ2v) is 7.49. The lowest BCUT2D eigenvalue weighted by Crippen LogP contribution is -2.48. The van der Waals surface area contributed by atoms with Crippen LogP contribution in [0.5, 0.6) is 0 Å². The fourth-order valence-corrected chi connectivity index (χ4v) is 3.95. The maximum atomic E-state index is 12.6. The predicted molar refractivity (Wildman–Crippen MR) is 99.2 cm³/mol. The number of aromatic nitrogens is 3. The zero-order valence-electron chi connectivity index (χ0n) is 14.8. The van der Waals surface area contributed by atoms with Gasteiger partial charge in [0.25, 0.3) is 0 Å². The molecule has 1 atom stereocenters. The summed E-state index contributed by atoms with van der Waals surface area (Å²) in [6.45, 7) is 2.58. The lowest BCUT2D eigenvalue weighted by molar-refractivity contribution is -0.130. The number of benzene rings is 1. The van der Waals surface area contributed by atoms with E-state index in [-0.39, 0.29) is 5.91 Å². The van der Waals surface area contributed by atoms with Crippen molar-refractivity contribution < 1.29 is 4.79 Å². The van der Waals surface area contributed by atoms with Gasteiger partial charge in [-0.15, -0.1) is 10.2 Å². The monoisotopic (exact) mass is 359 g/mol. The van der Waals surface area contributed by atoms with Gasteiger partial charge in [0, 0.05) is 32.7 Å². The molecule has 1 amide bonds. The molecule has 1 saturated heterocycles. The van der Waals surface area contributed by atoms with Crippen molar-refractivity contribution in [2.75, 3.05) is 25.9 Å². The van der Waals surface area contributed by atoms with Crippen LogP contribution in [0.1, 0.15) is 18.4 Å². The molecule has 0 radical (unpaired) electrons. The normalized spacial score (nSPS) is 17.9. The highest BCUT2D eigenvalue weighted by atomic mass is 32.2. The summed E-state index contributed by atoms with van der Waals surface area (Å²) >= 11 is 1.45. The van der Waals surface area contributed by atoms with Crippen LogP contribution in [0.25, 0.3) is 0 Å². The molecule has 1 aromatic heterocycles. The highest BCUT2D eigenvalue weighted by Crippen LogP contribution is 2.19. The van der Waals surface area contributed by atoms with Gasteiger partial charge in [0.05, 0.1) is 5.75 Å². The topological polar surface area (TPSA) is 54.3 Å². The summed E-state index contributed by atoms with van der Waals surface area (Å²) in [5.41, 5.74) is 1.31. The summed E-state index contributed by atoms with van der Waals surface area (Å²) in [5, 5.41) is 8.65. The van der Waals surface area contributed by atoms with Gasteiger partial charge in [-0.2, -0.15) is 0 Å². The van der Waals surface area contributed by atoms with Crippen LogP contribution < -0.4 is 0 Å². The predicted octanol–water partition coefficient (Wildman–Crippen LogP) is 2.03. The quantitative estimate of drug-likeness (QED) is 0.739. The molecule has 3 rings (SSSR count). The van der Waals surface area contributed by atoms with Crippen LogP contribution in [0.2, 0.25) is 0 Å². The molecule has 2 aromatic rings. The first kappa shape index (κ1) is 17.9. The molecular formula is C18H25N5OS. The van der Waals surface area contributed by atoms with E-state index >= 15 is 0 Å². The van der Waals surface area contributed by atoms with Crippen molar-refractivity contribution in [2.45, 2.75) is 30.6 Å². The van der Waals surface area contributed by atoms with Crippen LogP contribution in [0, 0.1) is 0 Å². The lowest BCUT2D eigenvalue weighted by Gasteiger charge is -2.37. The number of thioether (sulfide) groups is 1. The highest BCUT2D eigenvalue weighted by Gasteiger charge is 2.26. The molecule has 0 saturated carbocycles. The first-order chi connectivity index (χ1) is 12.1. The minimum Gasteiger partial charge on any atom is -0.340 e. The van der Waals surface area contributed by atoms with E-state index in [0.29, 0.717) is 11.8 Å².